The number of aromatic nitrogens is 3. The first kappa shape index (κ1) is 22.5. The Morgan fingerprint density at radius 2 is 1.71 bits per heavy atom. The van der Waals surface area contributed by atoms with Crippen molar-refractivity contribution in [1.82, 2.24) is 14.5 Å². The molecular formula is C27H22N4O3S. The van der Waals surface area contributed by atoms with Gasteiger partial charge in [0.15, 0.2) is 0 Å². The van der Waals surface area contributed by atoms with E-state index in [9.17, 15) is 9.59 Å². The molecule has 0 atom stereocenters. The number of nitrogens with zero attached hydrogens (tertiary/aromatic N) is 3. The predicted molar refractivity (Wildman–Crippen MR) is 139 cm³/mol. The van der Waals surface area contributed by atoms with Crippen molar-refractivity contribution in [2.45, 2.75) is 13.8 Å². The molecule has 0 radical (unpaired) electrons. The zero-order chi connectivity index (χ0) is 24.5. The maximum atomic E-state index is 13.2. The highest BCUT2D eigenvalue weighted by Gasteiger charge is 2.19. The zero-order valence-corrected chi connectivity index (χ0v) is 20.2. The Morgan fingerprint density at radius 1 is 0.971 bits per heavy atom. The smallest absolute Gasteiger partial charge is 0.267 e. The summed E-state index contributed by atoms with van der Waals surface area (Å²) < 4.78 is 7.09. The second kappa shape index (κ2) is 9.15. The van der Waals surface area contributed by atoms with Crippen molar-refractivity contribution in [1.29, 1.82) is 0 Å². The van der Waals surface area contributed by atoms with Crippen LogP contribution in [-0.4, -0.2) is 27.6 Å². The molecule has 0 bridgehead atoms. The number of anilines is 1. The van der Waals surface area contributed by atoms with Crippen molar-refractivity contribution in [2.24, 2.45) is 0 Å². The van der Waals surface area contributed by atoms with Crippen LogP contribution in [0.3, 0.4) is 0 Å². The molecule has 1 N–H and O–H groups in total. The van der Waals surface area contributed by atoms with Gasteiger partial charge in [0.2, 0.25) is 0 Å². The summed E-state index contributed by atoms with van der Waals surface area (Å²) in [5.74, 6) is 0.718. The lowest BCUT2D eigenvalue weighted by atomic mass is 10.2. The number of carbonyl (C=O) groups excluding carboxylic acids is 1. The van der Waals surface area contributed by atoms with Gasteiger partial charge in [-0.25, -0.2) is 9.97 Å². The minimum atomic E-state index is -0.269. The molecule has 2 heterocycles. The number of benzene rings is 3. The lowest BCUT2D eigenvalue weighted by Gasteiger charge is -2.15. The lowest BCUT2D eigenvalue weighted by Crippen LogP contribution is -2.22. The standard InChI is InChI=1S/C27H22N4O3S/c1-16-24(35-26(28-16)18-9-5-4-6-10-18)25(32)30-22-14-13-19(15-23(22)34-3)31-17(2)29-21-12-8-7-11-20(21)27(31)33/h4-15H,1-3H3,(H,30,32). The number of para-hydroxylation sites is 1. The monoisotopic (exact) mass is 482 g/mol. The number of methoxy groups -OCH3 is 1. The third-order valence-corrected chi connectivity index (χ3v) is 6.86. The van der Waals surface area contributed by atoms with Crippen molar-refractivity contribution in [3.05, 3.63) is 99.5 Å². The SMILES string of the molecule is COc1cc(-n2c(C)nc3ccccc3c2=O)ccc1NC(=O)c1sc(-c2ccccc2)nc1C. The summed E-state index contributed by atoms with van der Waals surface area (Å²) in [7, 11) is 1.52. The van der Waals surface area contributed by atoms with Gasteiger partial charge in [-0.05, 0) is 38.1 Å². The van der Waals surface area contributed by atoms with E-state index in [4.69, 9.17) is 4.74 Å². The van der Waals surface area contributed by atoms with Gasteiger partial charge in [0.25, 0.3) is 11.5 Å². The molecule has 0 aliphatic rings. The van der Waals surface area contributed by atoms with Crippen molar-refractivity contribution in [3.63, 3.8) is 0 Å². The van der Waals surface area contributed by atoms with Crippen LogP contribution in [0, 0.1) is 13.8 Å². The molecule has 0 saturated carbocycles. The molecule has 0 fully saturated rings. The fourth-order valence-corrected chi connectivity index (χ4v) is 4.93. The van der Waals surface area contributed by atoms with E-state index in [-0.39, 0.29) is 11.5 Å². The molecule has 0 spiro atoms. The molecule has 5 aromatic rings. The lowest BCUT2D eigenvalue weighted by molar-refractivity contribution is 0.102. The van der Waals surface area contributed by atoms with E-state index < -0.39 is 0 Å². The Balaban J connectivity index is 1.48. The number of thiazole rings is 1. The third kappa shape index (κ3) is 4.20. The third-order valence-electron chi connectivity index (χ3n) is 5.66. The normalized spacial score (nSPS) is 10.9. The summed E-state index contributed by atoms with van der Waals surface area (Å²) in [5, 5.41) is 4.24. The number of nitrogens with one attached hydrogen (secondary N) is 1. The predicted octanol–water partition coefficient (Wildman–Crippen LogP) is 5.39. The molecule has 2 aromatic heterocycles. The molecule has 35 heavy (non-hydrogen) atoms. The van der Waals surface area contributed by atoms with Crippen LogP contribution in [0.25, 0.3) is 27.2 Å². The van der Waals surface area contributed by atoms with Gasteiger partial charge in [0.1, 0.15) is 21.5 Å². The molecule has 0 unspecified atom stereocenters. The van der Waals surface area contributed by atoms with Crippen LogP contribution in [0.15, 0.2) is 77.6 Å². The van der Waals surface area contributed by atoms with E-state index in [1.165, 1.54) is 23.0 Å². The largest absolute Gasteiger partial charge is 0.494 e. The van der Waals surface area contributed by atoms with E-state index >= 15 is 0 Å². The van der Waals surface area contributed by atoms with Crippen LogP contribution in [-0.2, 0) is 0 Å². The minimum absolute atomic E-state index is 0.166. The number of carbonyl (C=O) groups is 1. The summed E-state index contributed by atoms with van der Waals surface area (Å²) >= 11 is 1.34. The first-order chi connectivity index (χ1) is 17.0. The molecule has 5 rings (SSSR count). The molecule has 1 amide bonds. The van der Waals surface area contributed by atoms with E-state index in [1.807, 2.05) is 55.5 Å². The van der Waals surface area contributed by atoms with Crippen LogP contribution >= 0.6 is 11.3 Å². The number of hydrogen-bond acceptors (Lipinski definition) is 6. The van der Waals surface area contributed by atoms with Crippen LogP contribution in [0.5, 0.6) is 5.75 Å². The second-order valence-corrected chi connectivity index (χ2v) is 8.95. The van der Waals surface area contributed by atoms with Gasteiger partial charge in [0, 0.05) is 11.6 Å². The van der Waals surface area contributed by atoms with Gasteiger partial charge in [-0.3, -0.25) is 14.2 Å². The van der Waals surface area contributed by atoms with Gasteiger partial charge in [0.05, 0.1) is 35.1 Å². The summed E-state index contributed by atoms with van der Waals surface area (Å²) in [6.45, 7) is 3.60. The average Bonchev–Trinajstić information content (AvgIpc) is 3.27. The molecular weight excluding hydrogens is 460 g/mol. The molecule has 0 saturated heterocycles. The van der Waals surface area contributed by atoms with Crippen LogP contribution in [0.2, 0.25) is 0 Å². The van der Waals surface area contributed by atoms with Crippen molar-refractivity contribution in [3.8, 4) is 22.0 Å². The zero-order valence-electron chi connectivity index (χ0n) is 19.4. The number of hydrogen-bond donors (Lipinski definition) is 1. The van der Waals surface area contributed by atoms with Gasteiger partial charge in [-0.2, -0.15) is 0 Å². The Bertz CT molecular complexity index is 1620. The minimum Gasteiger partial charge on any atom is -0.494 e. The van der Waals surface area contributed by atoms with Crippen molar-refractivity contribution in [2.75, 3.05) is 12.4 Å². The first-order valence-corrected chi connectivity index (χ1v) is 11.8. The maximum Gasteiger partial charge on any atom is 0.267 e. The number of ether oxygens (including phenoxy) is 1. The number of amides is 1. The molecule has 3 aromatic carbocycles. The summed E-state index contributed by atoms with van der Waals surface area (Å²) in [4.78, 5) is 35.9. The van der Waals surface area contributed by atoms with E-state index in [1.54, 1.807) is 31.2 Å². The van der Waals surface area contributed by atoms with E-state index in [0.29, 0.717) is 44.4 Å². The molecule has 0 aliphatic heterocycles. The molecule has 174 valence electrons. The van der Waals surface area contributed by atoms with Crippen LogP contribution < -0.4 is 15.6 Å². The Labute approximate surface area is 205 Å². The van der Waals surface area contributed by atoms with Gasteiger partial charge in [-0.15, -0.1) is 11.3 Å². The van der Waals surface area contributed by atoms with Gasteiger partial charge >= 0.3 is 0 Å². The summed E-state index contributed by atoms with van der Waals surface area (Å²) in [6.07, 6.45) is 0. The summed E-state index contributed by atoms with van der Waals surface area (Å²) in [5.41, 5.74) is 3.20. The topological polar surface area (TPSA) is 86.1 Å². The molecule has 0 aliphatic carbocycles. The van der Waals surface area contributed by atoms with Crippen molar-refractivity contribution < 1.29 is 9.53 Å². The molecule has 7 nitrogen and oxygen atoms in total. The number of rotatable bonds is 5. The summed E-state index contributed by atoms with van der Waals surface area (Å²) in [6, 6.07) is 22.2. The van der Waals surface area contributed by atoms with E-state index in [2.05, 4.69) is 15.3 Å². The highest BCUT2D eigenvalue weighted by Crippen LogP contribution is 2.31. The van der Waals surface area contributed by atoms with Crippen LogP contribution in [0.1, 0.15) is 21.2 Å². The average molecular weight is 483 g/mol. The van der Waals surface area contributed by atoms with Gasteiger partial charge in [-0.1, -0.05) is 42.5 Å². The Kier molecular flexibility index (Phi) is 5.88. The van der Waals surface area contributed by atoms with Crippen LogP contribution in [0.4, 0.5) is 5.69 Å². The Hall–Kier alpha value is -4.30. The maximum absolute atomic E-state index is 13.2. The fourth-order valence-electron chi connectivity index (χ4n) is 3.96. The molecule has 8 heteroatoms. The fraction of sp³-hybridized carbons (Fsp3) is 0.111. The highest BCUT2D eigenvalue weighted by molar-refractivity contribution is 7.17. The quantitative estimate of drug-likeness (QED) is 0.363. The number of fused-ring (bicyclic) bond motifs is 1. The second-order valence-electron chi connectivity index (χ2n) is 7.96. The van der Waals surface area contributed by atoms with Crippen molar-refractivity contribution >= 4 is 33.8 Å². The highest BCUT2D eigenvalue weighted by atomic mass is 32.1. The Morgan fingerprint density at radius 3 is 2.49 bits per heavy atom. The van der Waals surface area contributed by atoms with Gasteiger partial charge < -0.3 is 10.1 Å². The van der Waals surface area contributed by atoms with E-state index in [0.717, 1.165) is 10.6 Å². The number of aryl methyl sites for hydroxylation is 2. The first-order valence-electron chi connectivity index (χ1n) is 11.0.